The largest absolute Gasteiger partial charge is 0.474 e. The van der Waals surface area contributed by atoms with E-state index in [0.717, 1.165) is 24.8 Å². The van der Waals surface area contributed by atoms with E-state index in [-0.39, 0.29) is 6.10 Å². The minimum Gasteiger partial charge on any atom is -0.474 e. The molecule has 0 amide bonds. The maximum atomic E-state index is 11.3. The molecule has 1 heterocycles. The van der Waals surface area contributed by atoms with Crippen LogP contribution in [0.5, 0.6) is 5.88 Å². The van der Waals surface area contributed by atoms with Crippen LogP contribution in [0.25, 0.3) is 0 Å². The number of aromatic nitrogens is 1. The topological polar surface area (TPSA) is 51.2 Å². The first-order valence-electron chi connectivity index (χ1n) is 7.01. The molecule has 4 heteroatoms. The summed E-state index contributed by atoms with van der Waals surface area (Å²) >= 11 is 0. The van der Waals surface area contributed by atoms with Crippen molar-refractivity contribution < 1.29 is 9.53 Å². The molecule has 0 unspecified atom stereocenters. The van der Waals surface area contributed by atoms with Gasteiger partial charge in [0.1, 0.15) is 11.9 Å². The van der Waals surface area contributed by atoms with Crippen molar-refractivity contribution in [3.8, 4) is 5.88 Å². The number of carbonyl (C=O) groups excluding carboxylic acids is 1. The molecule has 104 valence electrons. The molecule has 1 N–H and O–H groups in total. The minimum absolute atomic E-state index is 0.275. The summed E-state index contributed by atoms with van der Waals surface area (Å²) in [6.45, 7) is 1.90. The molecular weight excluding hydrogens is 240 g/mol. The lowest BCUT2D eigenvalue weighted by Gasteiger charge is -2.34. The molecule has 1 aliphatic carbocycles. The van der Waals surface area contributed by atoms with Gasteiger partial charge in [0.05, 0.1) is 0 Å². The Morgan fingerprint density at radius 2 is 2.32 bits per heavy atom. The fourth-order valence-corrected chi connectivity index (χ4v) is 2.20. The van der Waals surface area contributed by atoms with Gasteiger partial charge in [0.25, 0.3) is 0 Å². The predicted octanol–water partition coefficient (Wildman–Crippen LogP) is 2.12. The molecule has 0 atom stereocenters. The van der Waals surface area contributed by atoms with E-state index in [2.05, 4.69) is 10.3 Å². The molecule has 0 spiro atoms. The second kappa shape index (κ2) is 6.66. The van der Waals surface area contributed by atoms with Gasteiger partial charge < -0.3 is 10.1 Å². The van der Waals surface area contributed by atoms with Crippen molar-refractivity contribution in [3.05, 3.63) is 23.9 Å². The van der Waals surface area contributed by atoms with E-state index in [1.807, 2.05) is 26.1 Å². The number of Topliss-reactive ketones (excluding diaryl/α,β-unsaturated/α-hetero) is 1. The summed E-state index contributed by atoms with van der Waals surface area (Å²) in [6.07, 6.45) is 6.10. The average molecular weight is 262 g/mol. The standard InChI is InChI=1S/C15H22N2O2/c1-3-13(18)5-4-11-6-7-17-15(8-11)19-14-9-12(10-14)16-2/h6-8,12,14,16H,3-5,9-10H2,1-2H3/t12-,14-. The molecule has 1 fully saturated rings. The number of ketones is 1. The number of hydrogen-bond donors (Lipinski definition) is 1. The van der Waals surface area contributed by atoms with Crippen LogP contribution in [0.1, 0.15) is 38.2 Å². The van der Waals surface area contributed by atoms with Crippen LogP contribution in [0, 0.1) is 0 Å². The van der Waals surface area contributed by atoms with E-state index >= 15 is 0 Å². The number of carbonyl (C=O) groups is 1. The van der Waals surface area contributed by atoms with E-state index < -0.39 is 0 Å². The fraction of sp³-hybridized carbons (Fsp3) is 0.600. The third kappa shape index (κ3) is 4.03. The lowest BCUT2D eigenvalue weighted by molar-refractivity contribution is -0.118. The molecule has 0 aromatic carbocycles. The summed E-state index contributed by atoms with van der Waals surface area (Å²) in [5.74, 6) is 0.983. The zero-order valence-electron chi connectivity index (χ0n) is 11.7. The molecule has 1 aliphatic rings. The zero-order chi connectivity index (χ0) is 13.7. The minimum atomic E-state index is 0.275. The number of rotatable bonds is 7. The predicted molar refractivity (Wildman–Crippen MR) is 74.4 cm³/mol. The molecule has 0 radical (unpaired) electrons. The van der Waals surface area contributed by atoms with Crippen LogP contribution >= 0.6 is 0 Å². The van der Waals surface area contributed by atoms with Gasteiger partial charge in [-0.3, -0.25) is 4.79 Å². The highest BCUT2D eigenvalue weighted by molar-refractivity contribution is 5.78. The maximum Gasteiger partial charge on any atom is 0.213 e. The number of ether oxygens (including phenoxy) is 1. The van der Waals surface area contributed by atoms with E-state index in [1.54, 1.807) is 6.20 Å². The highest BCUT2D eigenvalue weighted by Crippen LogP contribution is 2.25. The van der Waals surface area contributed by atoms with Gasteiger partial charge in [-0.05, 0) is 37.9 Å². The zero-order valence-corrected chi connectivity index (χ0v) is 11.7. The van der Waals surface area contributed by atoms with Gasteiger partial charge in [-0.2, -0.15) is 0 Å². The Morgan fingerprint density at radius 1 is 1.53 bits per heavy atom. The molecule has 0 saturated heterocycles. The first kappa shape index (κ1) is 14.0. The van der Waals surface area contributed by atoms with Gasteiger partial charge >= 0.3 is 0 Å². The van der Waals surface area contributed by atoms with Gasteiger partial charge in [-0.25, -0.2) is 4.98 Å². The van der Waals surface area contributed by atoms with Crippen LogP contribution in [-0.2, 0) is 11.2 Å². The van der Waals surface area contributed by atoms with Crippen molar-refractivity contribution in [1.82, 2.24) is 10.3 Å². The lowest BCUT2D eigenvalue weighted by atomic mass is 9.89. The van der Waals surface area contributed by atoms with Crippen molar-refractivity contribution in [2.45, 2.75) is 51.2 Å². The second-order valence-corrected chi connectivity index (χ2v) is 5.09. The smallest absolute Gasteiger partial charge is 0.213 e. The third-order valence-corrected chi connectivity index (χ3v) is 3.68. The van der Waals surface area contributed by atoms with Crippen LogP contribution in [0.2, 0.25) is 0 Å². The Bertz CT molecular complexity index is 428. The Morgan fingerprint density at radius 3 is 3.00 bits per heavy atom. The summed E-state index contributed by atoms with van der Waals surface area (Å²) in [6, 6.07) is 4.48. The molecule has 4 nitrogen and oxygen atoms in total. The SMILES string of the molecule is CCC(=O)CCc1ccnc(O[C@H]2C[C@H](NC)C2)c1. The molecule has 1 aromatic rings. The van der Waals surface area contributed by atoms with Gasteiger partial charge in [-0.15, -0.1) is 0 Å². The first-order chi connectivity index (χ1) is 9.21. The van der Waals surface area contributed by atoms with Crippen molar-refractivity contribution in [3.63, 3.8) is 0 Å². The number of pyridine rings is 1. The molecule has 0 aliphatic heterocycles. The highest BCUT2D eigenvalue weighted by atomic mass is 16.5. The van der Waals surface area contributed by atoms with Crippen LogP contribution in [0.4, 0.5) is 0 Å². The second-order valence-electron chi connectivity index (χ2n) is 5.09. The Balaban J connectivity index is 1.83. The summed E-state index contributed by atoms with van der Waals surface area (Å²) in [5, 5.41) is 3.23. The normalized spacial score (nSPS) is 21.8. The summed E-state index contributed by atoms with van der Waals surface area (Å²) in [4.78, 5) is 15.6. The van der Waals surface area contributed by atoms with E-state index in [4.69, 9.17) is 4.74 Å². The van der Waals surface area contributed by atoms with Crippen molar-refractivity contribution in [2.75, 3.05) is 7.05 Å². The molecule has 19 heavy (non-hydrogen) atoms. The van der Waals surface area contributed by atoms with Gasteiger partial charge in [0.2, 0.25) is 5.88 Å². The van der Waals surface area contributed by atoms with Crippen molar-refractivity contribution >= 4 is 5.78 Å². The quantitative estimate of drug-likeness (QED) is 0.818. The number of aryl methyl sites for hydroxylation is 1. The van der Waals surface area contributed by atoms with E-state index in [9.17, 15) is 4.79 Å². The van der Waals surface area contributed by atoms with E-state index in [1.165, 1.54) is 0 Å². The third-order valence-electron chi connectivity index (χ3n) is 3.68. The maximum absolute atomic E-state index is 11.3. The van der Waals surface area contributed by atoms with Crippen molar-refractivity contribution in [1.29, 1.82) is 0 Å². The Labute approximate surface area is 114 Å². The van der Waals surface area contributed by atoms with Crippen LogP contribution in [-0.4, -0.2) is 30.0 Å². The van der Waals surface area contributed by atoms with Crippen LogP contribution < -0.4 is 10.1 Å². The fourth-order valence-electron chi connectivity index (χ4n) is 2.20. The summed E-state index contributed by atoms with van der Waals surface area (Å²) < 4.78 is 5.82. The van der Waals surface area contributed by atoms with Gasteiger partial charge in [0.15, 0.2) is 0 Å². The molecule has 0 bridgehead atoms. The average Bonchev–Trinajstić information content (AvgIpc) is 2.40. The van der Waals surface area contributed by atoms with Crippen molar-refractivity contribution in [2.24, 2.45) is 0 Å². The number of nitrogens with zero attached hydrogens (tertiary/aromatic N) is 1. The van der Waals surface area contributed by atoms with Gasteiger partial charge in [-0.1, -0.05) is 6.92 Å². The number of nitrogens with one attached hydrogen (secondary N) is 1. The molecule has 1 aromatic heterocycles. The molecular formula is C15H22N2O2. The Hall–Kier alpha value is -1.42. The highest BCUT2D eigenvalue weighted by Gasteiger charge is 2.29. The summed E-state index contributed by atoms with van der Waals surface area (Å²) in [5.41, 5.74) is 1.12. The van der Waals surface area contributed by atoms with Gasteiger partial charge in [0, 0.05) is 31.1 Å². The Kier molecular flexibility index (Phi) is 4.91. The first-order valence-corrected chi connectivity index (χ1v) is 7.01. The van der Waals surface area contributed by atoms with Crippen LogP contribution in [0.15, 0.2) is 18.3 Å². The summed E-state index contributed by atoms with van der Waals surface area (Å²) in [7, 11) is 1.98. The molecule has 2 rings (SSSR count). The van der Waals surface area contributed by atoms with E-state index in [0.29, 0.717) is 30.5 Å². The monoisotopic (exact) mass is 262 g/mol. The van der Waals surface area contributed by atoms with Crippen LogP contribution in [0.3, 0.4) is 0 Å². The molecule has 1 saturated carbocycles. The number of hydrogen-bond acceptors (Lipinski definition) is 4. The lowest BCUT2D eigenvalue weighted by Crippen LogP contribution is -2.45.